The molecule has 0 radical (unpaired) electrons. The number of carbonyl (C=O) groups excluding carboxylic acids is 1. The van der Waals surface area contributed by atoms with E-state index in [0.717, 1.165) is 23.3 Å². The fourth-order valence-corrected chi connectivity index (χ4v) is 3.56. The molecule has 28 heavy (non-hydrogen) atoms. The van der Waals surface area contributed by atoms with Crippen LogP contribution in [0.1, 0.15) is 47.9 Å². The summed E-state index contributed by atoms with van der Waals surface area (Å²) >= 11 is 0. The van der Waals surface area contributed by atoms with E-state index < -0.39 is 11.7 Å². The Kier molecular flexibility index (Phi) is 6.08. The molecule has 2 aromatic carbocycles. The number of hydrogen-bond donors (Lipinski definition) is 2. The number of alkyl halides is 3. The molecule has 150 valence electrons. The van der Waals surface area contributed by atoms with Crippen molar-refractivity contribution in [2.24, 2.45) is 0 Å². The van der Waals surface area contributed by atoms with Crippen LogP contribution in [0.3, 0.4) is 0 Å². The lowest BCUT2D eigenvalue weighted by Crippen LogP contribution is -2.40. The van der Waals surface area contributed by atoms with Gasteiger partial charge in [0.15, 0.2) is 0 Å². The average molecular weight is 390 g/mol. The third-order valence-corrected chi connectivity index (χ3v) is 5.24. The summed E-state index contributed by atoms with van der Waals surface area (Å²) in [4.78, 5) is 12.5. The Morgan fingerprint density at radius 1 is 1.07 bits per heavy atom. The molecule has 1 heterocycles. The maximum atomic E-state index is 12.8. The van der Waals surface area contributed by atoms with Gasteiger partial charge in [-0.1, -0.05) is 50.2 Å². The standard InChI is InChI=1S/C22H25F3N2O/c1-14(2)16-5-3-15(4-6-16)11-21(28)27-20-13-26-12-19(20)17-7-9-18(10-8-17)22(23,24)25/h3-10,14,19-20,26H,11-13H2,1-2H3,(H,27,28). The van der Waals surface area contributed by atoms with Crippen molar-refractivity contribution >= 4 is 5.91 Å². The summed E-state index contributed by atoms with van der Waals surface area (Å²) in [5.41, 5.74) is 2.31. The van der Waals surface area contributed by atoms with Crippen LogP contribution in [-0.2, 0) is 17.4 Å². The number of carbonyl (C=O) groups is 1. The zero-order valence-corrected chi connectivity index (χ0v) is 16.0. The number of halogens is 3. The van der Waals surface area contributed by atoms with Crippen LogP contribution in [0.5, 0.6) is 0 Å². The summed E-state index contributed by atoms with van der Waals surface area (Å²) in [7, 11) is 0. The van der Waals surface area contributed by atoms with Gasteiger partial charge in [-0.15, -0.1) is 0 Å². The third kappa shape index (κ3) is 4.93. The quantitative estimate of drug-likeness (QED) is 0.802. The van der Waals surface area contributed by atoms with Crippen LogP contribution < -0.4 is 10.6 Å². The topological polar surface area (TPSA) is 41.1 Å². The first-order chi connectivity index (χ1) is 13.2. The molecule has 2 atom stereocenters. The van der Waals surface area contributed by atoms with Crippen molar-refractivity contribution in [1.82, 2.24) is 10.6 Å². The van der Waals surface area contributed by atoms with Gasteiger partial charge in [-0.05, 0) is 34.7 Å². The van der Waals surface area contributed by atoms with Gasteiger partial charge in [0, 0.05) is 25.0 Å². The number of hydrogen-bond acceptors (Lipinski definition) is 2. The van der Waals surface area contributed by atoms with Crippen LogP contribution in [0, 0.1) is 0 Å². The van der Waals surface area contributed by atoms with Gasteiger partial charge in [-0.3, -0.25) is 4.79 Å². The highest BCUT2D eigenvalue weighted by Crippen LogP contribution is 2.31. The maximum Gasteiger partial charge on any atom is 0.416 e. The number of rotatable bonds is 5. The summed E-state index contributed by atoms with van der Waals surface area (Å²) < 4.78 is 38.3. The molecule has 3 nitrogen and oxygen atoms in total. The van der Waals surface area contributed by atoms with Crippen molar-refractivity contribution in [2.75, 3.05) is 13.1 Å². The van der Waals surface area contributed by atoms with Crippen molar-refractivity contribution < 1.29 is 18.0 Å². The van der Waals surface area contributed by atoms with Crippen LogP contribution in [0.4, 0.5) is 13.2 Å². The molecule has 0 saturated carbocycles. The Bertz CT molecular complexity index is 798. The molecule has 0 aliphatic carbocycles. The highest BCUT2D eigenvalue weighted by atomic mass is 19.4. The molecule has 3 rings (SSSR count). The van der Waals surface area contributed by atoms with Crippen molar-refractivity contribution in [3.05, 3.63) is 70.8 Å². The smallest absolute Gasteiger partial charge is 0.351 e. The minimum atomic E-state index is -4.34. The SMILES string of the molecule is CC(C)c1ccc(CC(=O)NC2CNCC2c2ccc(C(F)(F)F)cc2)cc1. The highest BCUT2D eigenvalue weighted by Gasteiger charge is 2.32. The Balaban J connectivity index is 1.62. The maximum absolute atomic E-state index is 12.8. The predicted molar refractivity (Wildman–Crippen MR) is 103 cm³/mol. The number of nitrogens with one attached hydrogen (secondary N) is 2. The van der Waals surface area contributed by atoms with Gasteiger partial charge < -0.3 is 10.6 Å². The lowest BCUT2D eigenvalue weighted by atomic mass is 9.93. The van der Waals surface area contributed by atoms with Crippen molar-refractivity contribution in [3.8, 4) is 0 Å². The van der Waals surface area contributed by atoms with Gasteiger partial charge >= 0.3 is 6.18 Å². The Labute approximate surface area is 163 Å². The largest absolute Gasteiger partial charge is 0.416 e. The molecule has 0 spiro atoms. The van der Waals surface area contributed by atoms with Gasteiger partial charge in [0.25, 0.3) is 0 Å². The fourth-order valence-electron chi connectivity index (χ4n) is 3.56. The van der Waals surface area contributed by atoms with Crippen LogP contribution in [-0.4, -0.2) is 25.0 Å². The highest BCUT2D eigenvalue weighted by molar-refractivity contribution is 5.79. The molecule has 1 saturated heterocycles. The number of benzene rings is 2. The monoisotopic (exact) mass is 390 g/mol. The van der Waals surface area contributed by atoms with E-state index in [1.807, 2.05) is 24.3 Å². The van der Waals surface area contributed by atoms with Gasteiger partial charge in [-0.25, -0.2) is 0 Å². The molecular formula is C22H25F3N2O. The fraction of sp³-hybridized carbons (Fsp3) is 0.409. The molecule has 1 aliphatic rings. The van der Waals surface area contributed by atoms with Gasteiger partial charge in [0.1, 0.15) is 0 Å². The zero-order chi connectivity index (χ0) is 20.3. The minimum Gasteiger partial charge on any atom is -0.351 e. The molecule has 2 N–H and O–H groups in total. The van der Waals surface area contributed by atoms with E-state index in [-0.39, 0.29) is 24.3 Å². The van der Waals surface area contributed by atoms with Crippen LogP contribution in [0.25, 0.3) is 0 Å². The van der Waals surface area contributed by atoms with E-state index in [0.29, 0.717) is 19.0 Å². The molecule has 0 bridgehead atoms. The number of amides is 1. The Morgan fingerprint density at radius 2 is 1.71 bits per heavy atom. The van der Waals surface area contributed by atoms with E-state index in [1.54, 1.807) is 0 Å². The lowest BCUT2D eigenvalue weighted by Gasteiger charge is -2.21. The minimum absolute atomic E-state index is 0.0467. The molecule has 6 heteroatoms. The van der Waals surface area contributed by atoms with E-state index in [9.17, 15) is 18.0 Å². The van der Waals surface area contributed by atoms with E-state index >= 15 is 0 Å². The summed E-state index contributed by atoms with van der Waals surface area (Å²) in [5, 5.41) is 6.25. The second kappa shape index (κ2) is 8.35. The van der Waals surface area contributed by atoms with Crippen LogP contribution >= 0.6 is 0 Å². The Hall–Kier alpha value is -2.34. The van der Waals surface area contributed by atoms with Gasteiger partial charge in [0.05, 0.1) is 12.0 Å². The van der Waals surface area contributed by atoms with Gasteiger partial charge in [0.2, 0.25) is 5.91 Å². The van der Waals surface area contributed by atoms with E-state index in [4.69, 9.17) is 0 Å². The second-order valence-electron chi connectivity index (χ2n) is 7.63. The normalized spacial score (nSPS) is 19.8. The molecule has 2 aromatic rings. The van der Waals surface area contributed by atoms with Gasteiger partial charge in [-0.2, -0.15) is 13.2 Å². The lowest BCUT2D eigenvalue weighted by molar-refractivity contribution is -0.137. The van der Waals surface area contributed by atoms with Crippen LogP contribution in [0.15, 0.2) is 48.5 Å². The molecule has 1 fully saturated rings. The summed E-state index contributed by atoms with van der Waals surface area (Å²) in [6.45, 7) is 5.47. The zero-order valence-electron chi connectivity index (χ0n) is 16.0. The summed E-state index contributed by atoms with van der Waals surface area (Å²) in [6, 6.07) is 13.1. The first-order valence-electron chi connectivity index (χ1n) is 9.50. The summed E-state index contributed by atoms with van der Waals surface area (Å²) in [6.07, 6.45) is -4.06. The molecule has 1 amide bonds. The summed E-state index contributed by atoms with van der Waals surface area (Å²) in [5.74, 6) is 0.314. The van der Waals surface area contributed by atoms with Crippen LogP contribution in [0.2, 0.25) is 0 Å². The predicted octanol–water partition coefficient (Wildman–Crippen LogP) is 4.24. The second-order valence-corrected chi connectivity index (χ2v) is 7.63. The van der Waals surface area contributed by atoms with E-state index in [1.165, 1.54) is 17.7 Å². The molecular weight excluding hydrogens is 365 g/mol. The molecule has 0 aromatic heterocycles. The third-order valence-electron chi connectivity index (χ3n) is 5.24. The molecule has 2 unspecified atom stereocenters. The van der Waals surface area contributed by atoms with Crippen molar-refractivity contribution in [1.29, 1.82) is 0 Å². The first-order valence-corrected chi connectivity index (χ1v) is 9.50. The van der Waals surface area contributed by atoms with Crippen molar-refractivity contribution in [3.63, 3.8) is 0 Å². The van der Waals surface area contributed by atoms with Crippen molar-refractivity contribution in [2.45, 2.75) is 44.3 Å². The average Bonchev–Trinajstić information content (AvgIpc) is 3.09. The Morgan fingerprint density at radius 3 is 2.29 bits per heavy atom. The molecule has 1 aliphatic heterocycles. The van der Waals surface area contributed by atoms with E-state index in [2.05, 4.69) is 24.5 Å². The first kappa shape index (κ1) is 20.4.